The maximum atomic E-state index is 13.1. The molecule has 0 fully saturated rings. The lowest BCUT2D eigenvalue weighted by molar-refractivity contribution is 0.103. The highest BCUT2D eigenvalue weighted by atomic mass is 32.1. The number of rotatable bonds is 5. The summed E-state index contributed by atoms with van der Waals surface area (Å²) in [6.45, 7) is 2.33. The molecule has 5 nitrogen and oxygen atoms in total. The molecule has 2 aromatic carbocycles. The van der Waals surface area contributed by atoms with E-state index in [0.29, 0.717) is 17.1 Å². The summed E-state index contributed by atoms with van der Waals surface area (Å²) in [5, 5.41) is 17.6. The number of hydrogen-bond donors (Lipinski definition) is 2. The number of anilines is 1. The van der Waals surface area contributed by atoms with Gasteiger partial charge in [0.05, 0.1) is 23.7 Å². The first kappa shape index (κ1) is 18.3. The molecule has 28 heavy (non-hydrogen) atoms. The van der Waals surface area contributed by atoms with Crippen molar-refractivity contribution in [2.45, 2.75) is 20.1 Å². The normalized spacial score (nSPS) is 11.1. The van der Waals surface area contributed by atoms with Crippen molar-refractivity contribution in [1.82, 2.24) is 9.78 Å². The summed E-state index contributed by atoms with van der Waals surface area (Å²) in [6, 6.07) is 15.3. The maximum Gasteiger partial charge on any atom is 0.265 e. The Balaban J connectivity index is 1.60. The molecule has 0 aliphatic carbocycles. The molecule has 0 aliphatic heterocycles. The first-order chi connectivity index (χ1) is 13.5. The number of nitrogens with zero attached hydrogens (tertiary/aromatic N) is 2. The Morgan fingerprint density at radius 1 is 1.18 bits per heavy atom. The number of halogens is 1. The molecule has 0 radical (unpaired) electrons. The first-order valence-electron chi connectivity index (χ1n) is 8.76. The minimum atomic E-state index is -0.272. The number of fused-ring (bicyclic) bond motifs is 1. The van der Waals surface area contributed by atoms with Gasteiger partial charge in [-0.3, -0.25) is 9.48 Å². The summed E-state index contributed by atoms with van der Waals surface area (Å²) in [5.74, 6) is -0.477. The van der Waals surface area contributed by atoms with Gasteiger partial charge in [-0.25, -0.2) is 4.39 Å². The highest BCUT2D eigenvalue weighted by Gasteiger charge is 2.17. The van der Waals surface area contributed by atoms with Crippen LogP contribution >= 0.6 is 11.3 Å². The molecule has 1 amide bonds. The van der Waals surface area contributed by atoms with Crippen LogP contribution in [0.3, 0.4) is 0 Å². The second-order valence-corrected chi connectivity index (χ2v) is 7.54. The molecule has 0 bridgehead atoms. The third-order valence-electron chi connectivity index (χ3n) is 4.44. The molecular weight excluding hydrogens is 377 g/mol. The van der Waals surface area contributed by atoms with E-state index in [2.05, 4.69) is 10.4 Å². The fourth-order valence-electron chi connectivity index (χ4n) is 3.03. The van der Waals surface area contributed by atoms with Gasteiger partial charge in [0.2, 0.25) is 0 Å². The van der Waals surface area contributed by atoms with Crippen LogP contribution in [0, 0.1) is 12.7 Å². The van der Waals surface area contributed by atoms with E-state index in [1.54, 1.807) is 36.4 Å². The number of carbonyl (C=O) groups is 1. The number of amides is 1. The zero-order valence-corrected chi connectivity index (χ0v) is 16.0. The van der Waals surface area contributed by atoms with Gasteiger partial charge in [0.1, 0.15) is 10.6 Å². The van der Waals surface area contributed by atoms with Crippen LogP contribution in [0.15, 0.2) is 54.6 Å². The van der Waals surface area contributed by atoms with Gasteiger partial charge in [0.25, 0.3) is 5.91 Å². The Bertz CT molecular complexity index is 1150. The molecule has 0 saturated carbocycles. The minimum absolute atomic E-state index is 0.0784. The van der Waals surface area contributed by atoms with Gasteiger partial charge in [-0.2, -0.15) is 5.10 Å². The number of aromatic nitrogens is 2. The van der Waals surface area contributed by atoms with E-state index in [9.17, 15) is 14.3 Å². The Morgan fingerprint density at radius 2 is 1.96 bits per heavy atom. The maximum absolute atomic E-state index is 13.1. The third kappa shape index (κ3) is 3.67. The van der Waals surface area contributed by atoms with E-state index >= 15 is 0 Å². The molecule has 2 heterocycles. The number of aliphatic hydroxyl groups excluding tert-OH is 1. The largest absolute Gasteiger partial charge is 0.392 e. The average molecular weight is 395 g/mol. The van der Waals surface area contributed by atoms with Crippen LogP contribution in [0.4, 0.5) is 10.1 Å². The van der Waals surface area contributed by atoms with Crippen molar-refractivity contribution in [3.63, 3.8) is 0 Å². The lowest BCUT2D eigenvalue weighted by atomic mass is 10.2. The van der Waals surface area contributed by atoms with Gasteiger partial charge >= 0.3 is 0 Å². The first-order valence-corrected chi connectivity index (χ1v) is 9.57. The number of aryl methyl sites for hydroxylation is 1. The minimum Gasteiger partial charge on any atom is -0.392 e. The summed E-state index contributed by atoms with van der Waals surface area (Å²) < 4.78 is 15.0. The summed E-state index contributed by atoms with van der Waals surface area (Å²) in [4.78, 5) is 14.1. The molecular formula is C21H18FN3O2S. The molecule has 0 unspecified atom stereocenters. The summed E-state index contributed by atoms with van der Waals surface area (Å²) in [6.07, 6.45) is 0. The van der Waals surface area contributed by atoms with Crippen molar-refractivity contribution < 1.29 is 14.3 Å². The molecule has 4 aromatic rings. The second-order valence-electron chi connectivity index (χ2n) is 6.51. The summed E-state index contributed by atoms with van der Waals surface area (Å²) >= 11 is 1.37. The Morgan fingerprint density at radius 3 is 2.71 bits per heavy atom. The topological polar surface area (TPSA) is 67.2 Å². The lowest BCUT2D eigenvalue weighted by Gasteiger charge is -2.05. The van der Waals surface area contributed by atoms with Crippen LogP contribution < -0.4 is 5.32 Å². The number of benzene rings is 2. The molecule has 0 aliphatic rings. The van der Waals surface area contributed by atoms with Gasteiger partial charge in [0, 0.05) is 11.1 Å². The summed E-state index contributed by atoms with van der Waals surface area (Å²) in [5.41, 5.74) is 3.15. The Labute approximate surface area is 165 Å². The monoisotopic (exact) mass is 395 g/mol. The van der Waals surface area contributed by atoms with Crippen molar-refractivity contribution in [1.29, 1.82) is 0 Å². The van der Waals surface area contributed by atoms with E-state index in [1.165, 1.54) is 23.5 Å². The van der Waals surface area contributed by atoms with Crippen LogP contribution in [0.5, 0.6) is 0 Å². The molecule has 2 N–H and O–H groups in total. The van der Waals surface area contributed by atoms with Crippen LogP contribution in [0.1, 0.15) is 26.5 Å². The number of nitrogens with one attached hydrogen (secondary N) is 1. The fourth-order valence-corrected chi connectivity index (χ4v) is 4.09. The molecule has 7 heteroatoms. The smallest absolute Gasteiger partial charge is 0.265 e. The van der Waals surface area contributed by atoms with Crippen LogP contribution in [0.2, 0.25) is 0 Å². The molecule has 2 aromatic heterocycles. The van der Waals surface area contributed by atoms with Crippen LogP contribution in [-0.4, -0.2) is 20.8 Å². The van der Waals surface area contributed by atoms with Crippen molar-refractivity contribution >= 4 is 33.1 Å². The third-order valence-corrected chi connectivity index (χ3v) is 5.59. The van der Waals surface area contributed by atoms with Crippen molar-refractivity contribution in [2.24, 2.45) is 0 Å². The number of carbonyl (C=O) groups excluding carboxylic acids is 1. The molecule has 0 saturated heterocycles. The molecule has 4 rings (SSSR count). The zero-order chi connectivity index (χ0) is 19.7. The average Bonchev–Trinajstić information content (AvgIpc) is 3.25. The highest BCUT2D eigenvalue weighted by molar-refractivity contribution is 7.20. The number of hydrogen-bond acceptors (Lipinski definition) is 4. The van der Waals surface area contributed by atoms with E-state index < -0.39 is 0 Å². The van der Waals surface area contributed by atoms with E-state index in [4.69, 9.17) is 0 Å². The Kier molecular flexibility index (Phi) is 4.93. The molecule has 142 valence electrons. The quantitative estimate of drug-likeness (QED) is 0.528. The predicted molar refractivity (Wildman–Crippen MR) is 108 cm³/mol. The van der Waals surface area contributed by atoms with Gasteiger partial charge in [0.15, 0.2) is 0 Å². The van der Waals surface area contributed by atoms with E-state index in [-0.39, 0.29) is 18.3 Å². The van der Waals surface area contributed by atoms with Gasteiger partial charge in [-0.05, 0) is 48.4 Å². The van der Waals surface area contributed by atoms with Gasteiger partial charge < -0.3 is 10.4 Å². The summed E-state index contributed by atoms with van der Waals surface area (Å²) in [7, 11) is 0. The highest BCUT2D eigenvalue weighted by Crippen LogP contribution is 2.29. The van der Waals surface area contributed by atoms with E-state index in [0.717, 1.165) is 27.0 Å². The predicted octanol–water partition coefficient (Wildman–Crippen LogP) is 4.34. The SMILES string of the molecule is Cc1nn(Cc2ccc(F)cc2)c2sc(C(=O)Nc3cccc(CO)c3)cc12. The molecule has 0 atom stereocenters. The van der Waals surface area contributed by atoms with Gasteiger partial charge in [-0.15, -0.1) is 11.3 Å². The van der Waals surface area contributed by atoms with Crippen LogP contribution in [-0.2, 0) is 13.2 Å². The number of aliphatic hydroxyl groups is 1. The van der Waals surface area contributed by atoms with Crippen LogP contribution in [0.25, 0.3) is 10.2 Å². The number of thiophene rings is 1. The molecule has 0 spiro atoms. The van der Waals surface area contributed by atoms with Crippen molar-refractivity contribution in [3.8, 4) is 0 Å². The lowest BCUT2D eigenvalue weighted by Crippen LogP contribution is -2.10. The Hall–Kier alpha value is -3.03. The van der Waals surface area contributed by atoms with Crippen molar-refractivity contribution in [2.75, 3.05) is 5.32 Å². The zero-order valence-electron chi connectivity index (χ0n) is 15.1. The van der Waals surface area contributed by atoms with Gasteiger partial charge in [-0.1, -0.05) is 24.3 Å². The van der Waals surface area contributed by atoms with E-state index in [1.807, 2.05) is 17.7 Å². The van der Waals surface area contributed by atoms with Crippen molar-refractivity contribution in [3.05, 3.63) is 82.1 Å². The fraction of sp³-hybridized carbons (Fsp3) is 0.143. The second kappa shape index (κ2) is 7.53. The standard InChI is InChI=1S/C21H18FN3O2S/c1-13-18-10-19(20(27)23-17-4-2-3-15(9-17)12-26)28-21(18)25(24-13)11-14-5-7-16(22)8-6-14/h2-10,26H,11-12H2,1H3,(H,23,27).